The van der Waals surface area contributed by atoms with Crippen LogP contribution < -0.4 is 29.4 Å². The van der Waals surface area contributed by atoms with Crippen molar-refractivity contribution in [3.8, 4) is 91.9 Å². The number of rotatable bonds is 27. The molecule has 0 aliphatic carbocycles. The van der Waals surface area contributed by atoms with Gasteiger partial charge in [0.15, 0.2) is 0 Å². The topological polar surface area (TPSA) is 19.4 Å². The lowest BCUT2D eigenvalue weighted by Gasteiger charge is -2.23. The van der Waals surface area contributed by atoms with Gasteiger partial charge in [0, 0.05) is 129 Å². The van der Waals surface area contributed by atoms with Crippen LogP contribution in [0.5, 0.6) is 0 Å². The Labute approximate surface area is 787 Å². The molecule has 9 heterocycles. The van der Waals surface area contributed by atoms with E-state index in [0.29, 0.717) is 0 Å². The van der Waals surface area contributed by atoms with Gasteiger partial charge >= 0.3 is 0 Å². The van der Waals surface area contributed by atoms with E-state index < -0.39 is 0 Å². The fourth-order valence-electron chi connectivity index (χ4n) is 16.6. The first-order chi connectivity index (χ1) is 63.9. The van der Waals surface area contributed by atoms with E-state index in [1.807, 2.05) is 102 Å². The zero-order valence-corrected chi connectivity index (χ0v) is 76.7. The third-order valence-corrected chi connectivity index (χ3v) is 33.1. The average Bonchev–Trinajstić information content (AvgIpc) is 1.63. The largest absolute Gasteiger partial charge is 0.302 e. The minimum Gasteiger partial charge on any atom is -0.302 e. The molecule has 0 N–H and O–H groups in total. The molecule has 0 aliphatic heterocycles. The summed E-state index contributed by atoms with van der Waals surface area (Å²) in [5, 5.41) is 6.74. The van der Waals surface area contributed by atoms with Gasteiger partial charge in [-0.3, -0.25) is 0 Å². The highest BCUT2D eigenvalue weighted by atomic mass is 32.1. The Morgan fingerprint density at radius 3 is 0.411 bits per heavy atom. The van der Waals surface area contributed by atoms with E-state index in [4.69, 9.17) is 0 Å². The van der Waals surface area contributed by atoms with Crippen molar-refractivity contribution >= 4 is 200 Å². The minimum absolute atomic E-state index is 1.10. The maximum atomic E-state index is 2.50. The lowest BCUT2D eigenvalue weighted by atomic mass is 10.0. The molecule has 0 amide bonds. The number of hydrogen-bond acceptors (Lipinski definition) is 15. The summed E-state index contributed by atoms with van der Waals surface area (Å²) in [6.45, 7) is 0. The van der Waals surface area contributed by atoms with Crippen LogP contribution in [-0.4, -0.2) is 0 Å². The molecule has 6 nitrogen and oxygen atoms in total. The van der Waals surface area contributed by atoms with Crippen LogP contribution in [0.4, 0.5) is 98.3 Å². The van der Waals surface area contributed by atoms with Gasteiger partial charge in [-0.15, -0.1) is 102 Å². The molecule has 0 bridgehead atoms. The van der Waals surface area contributed by atoms with Crippen molar-refractivity contribution < 1.29 is 0 Å². The SMILES string of the molecule is c1ccc(N(c2ccccc2)c2ccc(-c3cc(-c4cc(-c5cc(-c6ccc(N(c7ccccc7)c7ccccc7)s6)c(-c6ccc(N(c7ccccc7)c7ccccc7)s6)s5)cc(-c5cc(-c6ccc(N(c7ccccc7)c7ccccc7)s6)c(-c6ccc(N(c7ccccc7)c7ccccc7)s6)s5)c4)sc3-c3ccc(N(c4ccccc4)c4ccccc4)s3)s2)cc1. The predicted molar refractivity (Wildman–Crippen MR) is 564 cm³/mol. The summed E-state index contributed by atoms with van der Waals surface area (Å²) >= 11 is 16.7. The van der Waals surface area contributed by atoms with E-state index in [1.54, 1.807) is 0 Å². The zero-order chi connectivity index (χ0) is 85.8. The Morgan fingerprint density at radius 2 is 0.256 bits per heavy atom. The second-order valence-corrected chi connectivity index (χ2v) is 40.3. The number of nitrogens with zero attached hydrogens (tertiary/aromatic N) is 6. The molecule has 22 aromatic rings. The number of hydrogen-bond donors (Lipinski definition) is 0. The highest BCUT2D eigenvalue weighted by Crippen LogP contribution is 2.58. The van der Waals surface area contributed by atoms with Crippen molar-refractivity contribution in [2.75, 3.05) is 29.4 Å². The van der Waals surface area contributed by atoms with Crippen LogP contribution in [0, 0.1) is 0 Å². The Bertz CT molecular complexity index is 6120. The zero-order valence-electron chi connectivity index (χ0n) is 69.4. The molecule has 0 unspecified atom stereocenters. The second kappa shape index (κ2) is 36.7. The Hall–Kier alpha value is -14.0. The fraction of sp³-hybridized carbons (Fsp3) is 0. The molecular formula is C114H78N6S9. The molecule has 0 aliphatic rings. The molecule has 0 radical (unpaired) electrons. The van der Waals surface area contributed by atoms with E-state index in [1.165, 1.54) is 60.6 Å². The first-order valence-electron chi connectivity index (χ1n) is 42.6. The Balaban J connectivity index is 0.771. The van der Waals surface area contributed by atoms with Crippen LogP contribution >= 0.6 is 102 Å². The van der Waals surface area contributed by atoms with Crippen molar-refractivity contribution in [2.45, 2.75) is 0 Å². The normalized spacial score (nSPS) is 11.3. The number of thiophene rings is 9. The molecule has 9 aromatic heterocycles. The summed E-state index contributed by atoms with van der Waals surface area (Å²) in [5.41, 5.74) is 20.1. The molecular weight excluding hydrogens is 1740 g/mol. The van der Waals surface area contributed by atoms with Crippen molar-refractivity contribution in [2.24, 2.45) is 0 Å². The maximum Gasteiger partial charge on any atom is 0.101 e. The molecule has 15 heteroatoms. The quantitative estimate of drug-likeness (QED) is 0.0507. The summed E-state index contributed by atoms with van der Waals surface area (Å²) in [4.78, 5) is 28.6. The highest BCUT2D eigenvalue weighted by Gasteiger charge is 2.29. The van der Waals surface area contributed by atoms with E-state index in [2.05, 4.69) is 503 Å². The molecule has 0 saturated carbocycles. The smallest absolute Gasteiger partial charge is 0.101 e. The van der Waals surface area contributed by atoms with Gasteiger partial charge in [-0.1, -0.05) is 218 Å². The molecule has 0 fully saturated rings. The molecule has 0 saturated heterocycles. The first-order valence-corrected chi connectivity index (χ1v) is 49.9. The maximum absolute atomic E-state index is 2.50. The van der Waals surface area contributed by atoms with Crippen LogP contribution in [-0.2, 0) is 0 Å². The first kappa shape index (κ1) is 80.8. The second-order valence-electron chi connectivity index (χ2n) is 30.7. The van der Waals surface area contributed by atoms with E-state index in [-0.39, 0.29) is 0 Å². The monoisotopic (exact) mass is 1820 g/mol. The van der Waals surface area contributed by atoms with Gasteiger partial charge in [0.05, 0.1) is 14.6 Å². The van der Waals surface area contributed by atoms with Gasteiger partial charge in [-0.05, 0) is 271 Å². The molecule has 618 valence electrons. The van der Waals surface area contributed by atoms with Gasteiger partial charge in [0.1, 0.15) is 30.0 Å². The van der Waals surface area contributed by atoms with Gasteiger partial charge in [-0.2, -0.15) is 0 Å². The van der Waals surface area contributed by atoms with E-state index in [9.17, 15) is 0 Å². The van der Waals surface area contributed by atoms with Crippen LogP contribution in [0.3, 0.4) is 0 Å². The van der Waals surface area contributed by atoms with Gasteiger partial charge in [0.25, 0.3) is 0 Å². The van der Waals surface area contributed by atoms with Crippen LogP contribution in [0.1, 0.15) is 0 Å². The summed E-state index contributed by atoms with van der Waals surface area (Å²) in [6, 6.07) is 172. The highest BCUT2D eigenvalue weighted by molar-refractivity contribution is 7.29. The number of benzene rings is 13. The van der Waals surface area contributed by atoms with Crippen molar-refractivity contribution in [1.82, 2.24) is 0 Å². The Morgan fingerprint density at radius 1 is 0.116 bits per heavy atom. The van der Waals surface area contributed by atoms with Gasteiger partial charge < -0.3 is 29.4 Å². The van der Waals surface area contributed by atoms with Crippen LogP contribution in [0.25, 0.3) is 91.9 Å². The standard InChI is InChI=1S/C114H78N6S9/c1-13-37-82(38-14-1)115(83-39-15-2-16-40-83)106-67-61-97(121-106)94-76-103(127-112(94)100-64-70-109(124-100)118(88-49-25-7-26-50-88)89-51-27-8-28-52-89)79-73-80(104-77-95(98-62-68-107(122-98)116(84-41-17-3-18-42-84)85-43-19-4-20-44-85)113(128-104)101-65-71-110(125-101)119(90-53-29-9-30-54-90)91-55-31-10-32-56-91)75-81(74-79)105-78-96(99-63-69-108(123-99)117(86-45-21-5-22-46-86)87-47-23-6-24-48-87)114(129-105)102-66-72-111(126-102)120(92-57-33-11-34-58-92)93-59-35-12-36-60-93/h1-78H. The summed E-state index contributed by atoms with van der Waals surface area (Å²) in [5.74, 6) is 0. The average molecular weight is 1820 g/mol. The minimum atomic E-state index is 1.10. The summed E-state index contributed by atoms with van der Waals surface area (Å²) < 4.78 is 0. The predicted octanol–water partition coefficient (Wildman–Crippen LogP) is 38.1. The van der Waals surface area contributed by atoms with Crippen molar-refractivity contribution in [1.29, 1.82) is 0 Å². The summed E-state index contributed by atoms with van der Waals surface area (Å²) in [6.07, 6.45) is 0. The van der Waals surface area contributed by atoms with Crippen LogP contribution in [0.15, 0.2) is 473 Å². The summed E-state index contributed by atoms with van der Waals surface area (Å²) in [7, 11) is 0. The number of anilines is 18. The van der Waals surface area contributed by atoms with Crippen LogP contribution in [0.2, 0.25) is 0 Å². The Kier molecular flexibility index (Phi) is 23.0. The van der Waals surface area contributed by atoms with Crippen molar-refractivity contribution in [3.63, 3.8) is 0 Å². The third-order valence-electron chi connectivity index (χ3n) is 22.5. The van der Waals surface area contributed by atoms with E-state index >= 15 is 0 Å². The fourth-order valence-corrected chi connectivity index (χ4v) is 27.0. The van der Waals surface area contributed by atoms with E-state index in [0.717, 1.165) is 130 Å². The lowest BCUT2D eigenvalue weighted by Crippen LogP contribution is -2.07. The lowest BCUT2D eigenvalue weighted by molar-refractivity contribution is 1.32. The third kappa shape index (κ3) is 16.8. The molecule has 129 heavy (non-hydrogen) atoms. The molecule has 0 spiro atoms. The van der Waals surface area contributed by atoms with Gasteiger partial charge in [-0.25, -0.2) is 0 Å². The number of para-hydroxylation sites is 12. The molecule has 22 rings (SSSR count). The molecule has 13 aromatic carbocycles. The molecule has 0 atom stereocenters. The van der Waals surface area contributed by atoms with Gasteiger partial charge in [0.2, 0.25) is 0 Å². The van der Waals surface area contributed by atoms with Crippen molar-refractivity contribution in [3.05, 3.63) is 473 Å².